The van der Waals surface area contributed by atoms with Gasteiger partial charge in [-0.2, -0.15) is 0 Å². The molecule has 2 amide bonds. The average molecular weight is 289 g/mol. The molecule has 1 unspecified atom stereocenters. The van der Waals surface area contributed by atoms with Gasteiger partial charge in [0.15, 0.2) is 0 Å². The highest BCUT2D eigenvalue weighted by atomic mass is 16.2. The van der Waals surface area contributed by atoms with Crippen LogP contribution in [0.3, 0.4) is 0 Å². The zero-order valence-corrected chi connectivity index (χ0v) is 13.3. The van der Waals surface area contributed by atoms with Crippen LogP contribution in [0, 0.1) is 0 Å². The van der Waals surface area contributed by atoms with E-state index in [1.54, 1.807) is 18.7 Å². The number of nitrogens with zero attached hydrogens (tertiary/aromatic N) is 2. The Morgan fingerprint density at radius 1 is 1.29 bits per heavy atom. The van der Waals surface area contributed by atoms with Crippen LogP contribution in [0.2, 0.25) is 0 Å². The van der Waals surface area contributed by atoms with Crippen LogP contribution in [0.5, 0.6) is 0 Å². The lowest BCUT2D eigenvalue weighted by Crippen LogP contribution is -2.68. The van der Waals surface area contributed by atoms with E-state index in [1.165, 1.54) is 0 Å². The number of hydrogen-bond acceptors (Lipinski definition) is 3. The van der Waals surface area contributed by atoms with Crippen molar-refractivity contribution >= 4 is 23.2 Å². The van der Waals surface area contributed by atoms with Gasteiger partial charge in [0.1, 0.15) is 11.6 Å². The first-order valence-electron chi connectivity index (χ1n) is 7.21. The average Bonchev–Trinajstić information content (AvgIpc) is 2.42. The van der Waals surface area contributed by atoms with Crippen LogP contribution in [0.25, 0.3) is 0 Å². The van der Waals surface area contributed by atoms with E-state index < -0.39 is 11.6 Å². The third kappa shape index (κ3) is 2.73. The molecule has 2 rings (SSSR count). The van der Waals surface area contributed by atoms with E-state index in [9.17, 15) is 9.59 Å². The first kappa shape index (κ1) is 15.4. The van der Waals surface area contributed by atoms with Gasteiger partial charge in [-0.25, -0.2) is 0 Å². The monoisotopic (exact) mass is 289 g/mol. The Bertz CT molecular complexity index is 566. The maximum absolute atomic E-state index is 12.7. The van der Waals surface area contributed by atoms with E-state index in [-0.39, 0.29) is 11.8 Å². The van der Waals surface area contributed by atoms with Crippen molar-refractivity contribution in [3.8, 4) is 0 Å². The van der Waals surface area contributed by atoms with Gasteiger partial charge in [0.2, 0.25) is 5.91 Å². The van der Waals surface area contributed by atoms with Crippen LogP contribution in [0.4, 0.5) is 11.4 Å². The summed E-state index contributed by atoms with van der Waals surface area (Å²) in [5.74, 6) is -0.179. The third-order valence-corrected chi connectivity index (χ3v) is 3.81. The summed E-state index contributed by atoms with van der Waals surface area (Å²) >= 11 is 0. The molecule has 1 heterocycles. The van der Waals surface area contributed by atoms with Crippen molar-refractivity contribution in [2.45, 2.75) is 38.8 Å². The molecule has 1 aliphatic heterocycles. The fraction of sp³-hybridized carbons (Fsp3) is 0.500. The molecule has 0 aromatic heterocycles. The van der Waals surface area contributed by atoms with Crippen LogP contribution < -0.4 is 15.1 Å². The summed E-state index contributed by atoms with van der Waals surface area (Å²) in [7, 11) is 3.90. The van der Waals surface area contributed by atoms with Crippen molar-refractivity contribution < 1.29 is 9.59 Å². The second-order valence-electron chi connectivity index (χ2n) is 6.13. The summed E-state index contributed by atoms with van der Waals surface area (Å²) in [6, 6.07) is 7.24. The van der Waals surface area contributed by atoms with Crippen LogP contribution in [0.15, 0.2) is 24.3 Å². The topological polar surface area (TPSA) is 52.7 Å². The molecule has 1 aromatic carbocycles. The Balaban J connectivity index is 2.49. The minimum absolute atomic E-state index is 0.0788. The third-order valence-electron chi connectivity index (χ3n) is 3.81. The molecule has 0 spiro atoms. The van der Waals surface area contributed by atoms with Crippen molar-refractivity contribution in [3.05, 3.63) is 24.3 Å². The molecule has 0 aliphatic carbocycles. The number of rotatable bonds is 3. The van der Waals surface area contributed by atoms with E-state index in [1.807, 2.05) is 50.2 Å². The highest BCUT2D eigenvalue weighted by molar-refractivity contribution is 6.10. The molecule has 1 aromatic rings. The highest BCUT2D eigenvalue weighted by Gasteiger charge is 2.45. The fourth-order valence-corrected chi connectivity index (χ4v) is 2.59. The van der Waals surface area contributed by atoms with Gasteiger partial charge in [-0.05, 0) is 38.5 Å². The Hall–Kier alpha value is -2.04. The lowest BCUT2D eigenvalue weighted by Gasteiger charge is -2.42. The molecule has 1 N–H and O–H groups in total. The van der Waals surface area contributed by atoms with E-state index >= 15 is 0 Å². The largest absolute Gasteiger partial charge is 0.378 e. The van der Waals surface area contributed by atoms with Gasteiger partial charge < -0.3 is 10.2 Å². The number of benzene rings is 1. The number of nitrogens with one attached hydrogen (secondary N) is 1. The molecule has 0 radical (unpaired) electrons. The van der Waals surface area contributed by atoms with Gasteiger partial charge in [0, 0.05) is 25.5 Å². The molecule has 5 nitrogen and oxygen atoms in total. The van der Waals surface area contributed by atoms with E-state index in [4.69, 9.17) is 0 Å². The molecular weight excluding hydrogens is 266 g/mol. The highest BCUT2D eigenvalue weighted by Crippen LogP contribution is 2.29. The second kappa shape index (κ2) is 5.39. The number of carbonyl (C=O) groups excluding carboxylic acids is 2. The fourth-order valence-electron chi connectivity index (χ4n) is 2.59. The number of amides is 2. The summed E-state index contributed by atoms with van der Waals surface area (Å²) in [4.78, 5) is 28.6. The Morgan fingerprint density at radius 3 is 2.52 bits per heavy atom. The molecule has 0 saturated carbocycles. The number of anilines is 2. The summed E-state index contributed by atoms with van der Waals surface area (Å²) < 4.78 is 0. The maximum Gasteiger partial charge on any atom is 0.252 e. The number of carbonyl (C=O) groups is 2. The molecule has 1 atom stereocenters. The predicted octanol–water partition coefficient (Wildman–Crippen LogP) is 1.77. The van der Waals surface area contributed by atoms with Crippen LogP contribution >= 0.6 is 0 Å². The summed E-state index contributed by atoms with van der Waals surface area (Å²) in [5, 5.41) is 2.80. The van der Waals surface area contributed by atoms with Crippen molar-refractivity contribution in [1.82, 2.24) is 5.32 Å². The van der Waals surface area contributed by atoms with E-state index in [0.717, 1.165) is 11.4 Å². The molecule has 1 saturated heterocycles. The minimum Gasteiger partial charge on any atom is -0.378 e. The SMILES string of the molecule is CCC1C(=O)NC(C)(C)C(=O)N1c1cccc(N(C)C)c1. The first-order valence-corrected chi connectivity index (χ1v) is 7.21. The van der Waals surface area contributed by atoms with Gasteiger partial charge in [0.05, 0.1) is 0 Å². The van der Waals surface area contributed by atoms with Gasteiger partial charge in [-0.15, -0.1) is 0 Å². The molecule has 5 heteroatoms. The molecule has 1 aliphatic rings. The van der Waals surface area contributed by atoms with Gasteiger partial charge in [-0.1, -0.05) is 13.0 Å². The Labute approximate surface area is 125 Å². The maximum atomic E-state index is 12.7. The molecule has 0 bridgehead atoms. The van der Waals surface area contributed by atoms with E-state index in [2.05, 4.69) is 5.32 Å². The standard InChI is InChI=1S/C16H23N3O2/c1-6-13-14(20)17-16(2,3)15(21)19(13)12-9-7-8-11(10-12)18(4)5/h7-10,13H,6H2,1-5H3,(H,17,20). The van der Waals surface area contributed by atoms with Gasteiger partial charge >= 0.3 is 0 Å². The predicted molar refractivity (Wildman–Crippen MR) is 84.6 cm³/mol. The summed E-state index contributed by atoms with van der Waals surface area (Å²) in [6.07, 6.45) is 0.583. The van der Waals surface area contributed by atoms with Crippen LogP contribution in [-0.2, 0) is 9.59 Å². The zero-order chi connectivity index (χ0) is 15.8. The second-order valence-corrected chi connectivity index (χ2v) is 6.13. The normalized spacial score (nSPS) is 21.2. The molecule has 114 valence electrons. The number of piperazine rings is 1. The van der Waals surface area contributed by atoms with Crippen LogP contribution in [0.1, 0.15) is 27.2 Å². The van der Waals surface area contributed by atoms with Crippen LogP contribution in [-0.4, -0.2) is 37.5 Å². The molecular formula is C16H23N3O2. The van der Waals surface area contributed by atoms with Gasteiger partial charge in [0.25, 0.3) is 5.91 Å². The van der Waals surface area contributed by atoms with E-state index in [0.29, 0.717) is 6.42 Å². The summed E-state index contributed by atoms with van der Waals surface area (Å²) in [5.41, 5.74) is 0.886. The van der Waals surface area contributed by atoms with Crippen molar-refractivity contribution in [2.75, 3.05) is 23.9 Å². The lowest BCUT2D eigenvalue weighted by molar-refractivity contribution is -0.137. The molecule has 21 heavy (non-hydrogen) atoms. The summed E-state index contributed by atoms with van der Waals surface area (Å²) in [6.45, 7) is 5.39. The Morgan fingerprint density at radius 2 is 1.95 bits per heavy atom. The number of hydrogen-bond donors (Lipinski definition) is 1. The van der Waals surface area contributed by atoms with Crippen molar-refractivity contribution in [3.63, 3.8) is 0 Å². The van der Waals surface area contributed by atoms with Gasteiger partial charge in [-0.3, -0.25) is 14.5 Å². The Kier molecular flexibility index (Phi) is 3.94. The first-order chi connectivity index (χ1) is 9.77. The van der Waals surface area contributed by atoms with Crippen molar-refractivity contribution in [2.24, 2.45) is 0 Å². The smallest absolute Gasteiger partial charge is 0.252 e. The minimum atomic E-state index is -0.878. The zero-order valence-electron chi connectivity index (χ0n) is 13.3. The molecule has 1 fully saturated rings. The van der Waals surface area contributed by atoms with Crippen molar-refractivity contribution in [1.29, 1.82) is 0 Å². The quantitative estimate of drug-likeness (QED) is 0.922. The lowest BCUT2D eigenvalue weighted by atomic mass is 9.95.